The average Bonchev–Trinajstić information content (AvgIpc) is 3.84. The van der Waals surface area contributed by atoms with Crippen molar-refractivity contribution < 1.29 is 8.83 Å². The zero-order chi connectivity index (χ0) is 36.7. The highest BCUT2D eigenvalue weighted by atomic mass is 16.3. The van der Waals surface area contributed by atoms with Gasteiger partial charge in [-0.15, -0.1) is 0 Å². The summed E-state index contributed by atoms with van der Waals surface area (Å²) >= 11 is 0. The van der Waals surface area contributed by atoms with Gasteiger partial charge in [-0.05, 0) is 73.8 Å². The second kappa shape index (κ2) is 11.9. The van der Waals surface area contributed by atoms with Gasteiger partial charge in [0.2, 0.25) is 0 Å². The summed E-state index contributed by atoms with van der Waals surface area (Å²) in [4.78, 5) is 15.7. The third-order valence-corrected chi connectivity index (χ3v) is 11.1. The van der Waals surface area contributed by atoms with Gasteiger partial charge >= 0.3 is 0 Å². The SMILES string of the molecule is c1ccc2c(c1)ccc1ccc(-c3nc(-c4ccc(-c5cccc6oc7ccccc7c56)cc4)nc(-c4cc5oc6ccccc6c5c5ccccc45)n3)cc12. The topological polar surface area (TPSA) is 65.0 Å². The van der Waals surface area contributed by atoms with E-state index >= 15 is 0 Å². The van der Waals surface area contributed by atoms with E-state index in [0.29, 0.717) is 17.5 Å². The van der Waals surface area contributed by atoms with Gasteiger partial charge in [-0.1, -0.05) is 146 Å². The quantitative estimate of drug-likeness (QED) is 0.170. The number of benzene rings is 9. The molecule has 12 aromatic rings. The van der Waals surface area contributed by atoms with Crippen LogP contribution in [-0.2, 0) is 0 Å². The van der Waals surface area contributed by atoms with E-state index in [9.17, 15) is 0 Å². The lowest BCUT2D eigenvalue weighted by atomic mass is 9.98. The van der Waals surface area contributed by atoms with Gasteiger partial charge in [0.25, 0.3) is 0 Å². The fourth-order valence-electron chi connectivity index (χ4n) is 8.48. The molecule has 3 heterocycles. The van der Waals surface area contributed by atoms with Crippen molar-refractivity contribution in [1.82, 2.24) is 15.0 Å². The van der Waals surface area contributed by atoms with Crippen LogP contribution >= 0.6 is 0 Å². The first-order valence-corrected chi connectivity index (χ1v) is 18.8. The van der Waals surface area contributed by atoms with Gasteiger partial charge in [0, 0.05) is 38.2 Å². The number of fused-ring (bicyclic) bond motifs is 11. The Bertz CT molecular complexity index is 3540. The van der Waals surface area contributed by atoms with Crippen LogP contribution in [0.5, 0.6) is 0 Å². The van der Waals surface area contributed by atoms with Crippen molar-refractivity contribution >= 4 is 76.2 Å². The van der Waals surface area contributed by atoms with Crippen LogP contribution in [-0.4, -0.2) is 15.0 Å². The minimum Gasteiger partial charge on any atom is -0.456 e. The van der Waals surface area contributed by atoms with Gasteiger partial charge < -0.3 is 8.83 Å². The van der Waals surface area contributed by atoms with E-state index in [0.717, 1.165) is 87.9 Å². The summed E-state index contributed by atoms with van der Waals surface area (Å²) in [5.41, 5.74) is 8.30. The monoisotopic (exact) mass is 715 g/mol. The second-order valence-electron chi connectivity index (χ2n) is 14.3. The molecule has 9 aromatic carbocycles. The maximum atomic E-state index is 6.47. The van der Waals surface area contributed by atoms with Crippen LogP contribution in [0, 0.1) is 0 Å². The molecule has 0 fully saturated rings. The van der Waals surface area contributed by atoms with Crippen molar-refractivity contribution in [3.05, 3.63) is 176 Å². The standard InChI is InChI=1S/C51H29N3O2/c1-2-11-35-30(10-1)20-21-32-24-27-34(28-41(32)35)50-52-49(33-25-22-31(23-26-33)36-16-9-19-45-47(36)39-14-5-7-17-43(39)55-45)53-51(54-50)42-29-46-48(38-13-4-3-12-37(38)42)40-15-6-8-18-44(40)56-46/h1-29H. The lowest BCUT2D eigenvalue weighted by Crippen LogP contribution is -2.01. The van der Waals surface area contributed by atoms with E-state index in [4.69, 9.17) is 23.8 Å². The van der Waals surface area contributed by atoms with Crippen LogP contribution in [0.15, 0.2) is 185 Å². The van der Waals surface area contributed by atoms with E-state index in [1.165, 1.54) is 16.2 Å². The maximum Gasteiger partial charge on any atom is 0.164 e. The predicted molar refractivity (Wildman–Crippen MR) is 229 cm³/mol. The molecule has 0 aliphatic rings. The molecule has 56 heavy (non-hydrogen) atoms. The summed E-state index contributed by atoms with van der Waals surface area (Å²) in [7, 11) is 0. The van der Waals surface area contributed by atoms with Crippen LogP contribution in [0.25, 0.3) is 121 Å². The molecule has 0 atom stereocenters. The molecule has 5 heteroatoms. The first kappa shape index (κ1) is 30.8. The van der Waals surface area contributed by atoms with Gasteiger partial charge in [-0.25, -0.2) is 15.0 Å². The number of rotatable bonds is 4. The smallest absolute Gasteiger partial charge is 0.164 e. The van der Waals surface area contributed by atoms with Crippen LogP contribution in [0.2, 0.25) is 0 Å². The molecule has 0 spiro atoms. The van der Waals surface area contributed by atoms with Crippen molar-refractivity contribution in [2.75, 3.05) is 0 Å². The average molecular weight is 716 g/mol. The Morgan fingerprint density at radius 1 is 0.286 bits per heavy atom. The minimum atomic E-state index is 0.584. The van der Waals surface area contributed by atoms with E-state index < -0.39 is 0 Å². The molecule has 260 valence electrons. The number of nitrogens with zero attached hydrogens (tertiary/aromatic N) is 3. The third kappa shape index (κ3) is 4.71. The van der Waals surface area contributed by atoms with Crippen molar-refractivity contribution in [1.29, 1.82) is 0 Å². The van der Waals surface area contributed by atoms with Crippen LogP contribution in [0.4, 0.5) is 0 Å². The number of hydrogen-bond donors (Lipinski definition) is 0. The summed E-state index contributed by atoms with van der Waals surface area (Å²) in [5.74, 6) is 1.78. The Hall–Kier alpha value is -7.63. The summed E-state index contributed by atoms with van der Waals surface area (Å²) < 4.78 is 12.7. The van der Waals surface area contributed by atoms with Gasteiger partial charge in [0.05, 0.1) is 0 Å². The summed E-state index contributed by atoms with van der Waals surface area (Å²) in [6.07, 6.45) is 0. The van der Waals surface area contributed by atoms with Crippen molar-refractivity contribution in [3.63, 3.8) is 0 Å². The molecule has 0 radical (unpaired) electrons. The Morgan fingerprint density at radius 2 is 0.821 bits per heavy atom. The molecule has 3 aromatic heterocycles. The highest BCUT2D eigenvalue weighted by Gasteiger charge is 2.20. The molecule has 0 N–H and O–H groups in total. The Morgan fingerprint density at radius 3 is 1.61 bits per heavy atom. The van der Waals surface area contributed by atoms with E-state index in [2.05, 4.69) is 146 Å². The maximum absolute atomic E-state index is 6.47. The number of para-hydroxylation sites is 2. The third-order valence-electron chi connectivity index (χ3n) is 11.1. The lowest BCUT2D eigenvalue weighted by Gasteiger charge is -2.12. The van der Waals surface area contributed by atoms with Crippen LogP contribution < -0.4 is 0 Å². The van der Waals surface area contributed by atoms with Crippen molar-refractivity contribution in [2.45, 2.75) is 0 Å². The number of furan rings is 2. The molecule has 0 bridgehead atoms. The molecule has 0 amide bonds. The largest absolute Gasteiger partial charge is 0.456 e. The van der Waals surface area contributed by atoms with Gasteiger partial charge in [0.1, 0.15) is 22.3 Å². The zero-order valence-electron chi connectivity index (χ0n) is 29.9. The number of aromatic nitrogens is 3. The molecule has 0 aliphatic carbocycles. The molecular formula is C51H29N3O2. The highest BCUT2D eigenvalue weighted by molar-refractivity contribution is 6.22. The minimum absolute atomic E-state index is 0.584. The molecular weight excluding hydrogens is 687 g/mol. The number of hydrogen-bond acceptors (Lipinski definition) is 5. The van der Waals surface area contributed by atoms with E-state index in [1.807, 2.05) is 30.3 Å². The van der Waals surface area contributed by atoms with Gasteiger partial charge in [-0.2, -0.15) is 0 Å². The van der Waals surface area contributed by atoms with Crippen LogP contribution in [0.3, 0.4) is 0 Å². The predicted octanol–water partition coefficient (Wildman–Crippen LogP) is 13.8. The summed E-state index contributed by atoms with van der Waals surface area (Å²) in [6, 6.07) is 61.0. The zero-order valence-corrected chi connectivity index (χ0v) is 29.9. The summed E-state index contributed by atoms with van der Waals surface area (Å²) in [5, 5.41) is 11.2. The molecule has 0 saturated heterocycles. The van der Waals surface area contributed by atoms with Gasteiger partial charge in [0.15, 0.2) is 17.5 Å². The fraction of sp³-hybridized carbons (Fsp3) is 0. The van der Waals surface area contributed by atoms with Crippen molar-refractivity contribution in [2.24, 2.45) is 0 Å². The molecule has 5 nitrogen and oxygen atoms in total. The van der Waals surface area contributed by atoms with E-state index in [1.54, 1.807) is 0 Å². The second-order valence-corrected chi connectivity index (χ2v) is 14.3. The van der Waals surface area contributed by atoms with Crippen LogP contribution in [0.1, 0.15) is 0 Å². The Balaban J connectivity index is 1.07. The Kier molecular flexibility index (Phi) is 6.56. The molecule has 0 aliphatic heterocycles. The van der Waals surface area contributed by atoms with E-state index in [-0.39, 0.29) is 0 Å². The first-order chi connectivity index (χ1) is 27.7. The normalized spacial score (nSPS) is 11.9. The molecule has 0 saturated carbocycles. The fourth-order valence-corrected chi connectivity index (χ4v) is 8.48. The first-order valence-electron chi connectivity index (χ1n) is 18.8. The molecule has 0 unspecified atom stereocenters. The van der Waals surface area contributed by atoms with Gasteiger partial charge in [-0.3, -0.25) is 0 Å². The molecule has 12 rings (SSSR count). The van der Waals surface area contributed by atoms with Crippen molar-refractivity contribution in [3.8, 4) is 45.3 Å². The Labute approximate surface area is 320 Å². The lowest BCUT2D eigenvalue weighted by molar-refractivity contribution is 0.668. The summed E-state index contributed by atoms with van der Waals surface area (Å²) in [6.45, 7) is 0. The highest BCUT2D eigenvalue weighted by Crippen LogP contribution is 2.41.